The summed E-state index contributed by atoms with van der Waals surface area (Å²) in [6.45, 7) is 1.94. The van der Waals surface area contributed by atoms with Crippen LogP contribution < -0.4 is 5.56 Å². The van der Waals surface area contributed by atoms with E-state index in [4.69, 9.17) is 0 Å². The van der Waals surface area contributed by atoms with Crippen molar-refractivity contribution in [2.75, 3.05) is 5.75 Å². The van der Waals surface area contributed by atoms with Gasteiger partial charge < -0.3 is 4.98 Å². The minimum Gasteiger partial charge on any atom is -0.310 e. The fraction of sp³-hybridized carbons (Fsp3) is 0.158. The van der Waals surface area contributed by atoms with Gasteiger partial charge in [0.25, 0.3) is 5.56 Å². The van der Waals surface area contributed by atoms with E-state index in [1.54, 1.807) is 17.8 Å². The lowest BCUT2D eigenvalue weighted by molar-refractivity contribution is 0.864. The van der Waals surface area contributed by atoms with E-state index in [1.807, 2.05) is 60.0 Å². The van der Waals surface area contributed by atoms with Crippen LogP contribution in [0, 0.1) is 6.92 Å². The van der Waals surface area contributed by atoms with Gasteiger partial charge in [-0.2, -0.15) is 0 Å². The molecule has 0 saturated heterocycles. The third-order valence-corrected chi connectivity index (χ3v) is 4.97. The SMILES string of the molecule is Cc1nnc(SCCc2nc3ccccc3c(=O)[nH]2)n1-c1ccccc1. The van der Waals surface area contributed by atoms with Gasteiger partial charge in [-0.15, -0.1) is 10.2 Å². The summed E-state index contributed by atoms with van der Waals surface area (Å²) in [5.41, 5.74) is 1.66. The highest BCUT2D eigenvalue weighted by molar-refractivity contribution is 7.99. The predicted octanol–water partition coefficient (Wildman–Crippen LogP) is 3.15. The minimum atomic E-state index is -0.0982. The molecule has 0 radical (unpaired) electrons. The first-order valence-corrected chi connectivity index (χ1v) is 9.29. The molecule has 1 N–H and O–H groups in total. The summed E-state index contributed by atoms with van der Waals surface area (Å²) < 4.78 is 2.03. The van der Waals surface area contributed by atoms with E-state index in [9.17, 15) is 4.79 Å². The third-order valence-electron chi connectivity index (χ3n) is 4.04. The number of benzene rings is 2. The van der Waals surface area contributed by atoms with Gasteiger partial charge in [-0.05, 0) is 31.2 Å². The highest BCUT2D eigenvalue weighted by atomic mass is 32.2. The molecule has 6 nitrogen and oxygen atoms in total. The molecule has 0 bridgehead atoms. The van der Waals surface area contributed by atoms with Gasteiger partial charge in [0, 0.05) is 17.9 Å². The second kappa shape index (κ2) is 7.13. The van der Waals surface area contributed by atoms with Crippen molar-refractivity contribution < 1.29 is 0 Å². The highest BCUT2D eigenvalue weighted by Gasteiger charge is 2.11. The van der Waals surface area contributed by atoms with Crippen LogP contribution >= 0.6 is 11.8 Å². The molecule has 0 aliphatic heterocycles. The number of aromatic nitrogens is 5. The van der Waals surface area contributed by atoms with Gasteiger partial charge in [-0.3, -0.25) is 9.36 Å². The van der Waals surface area contributed by atoms with Crippen LogP contribution in [0.25, 0.3) is 16.6 Å². The van der Waals surface area contributed by atoms with Gasteiger partial charge in [0.15, 0.2) is 5.16 Å². The van der Waals surface area contributed by atoms with Crippen LogP contribution in [0.1, 0.15) is 11.6 Å². The van der Waals surface area contributed by atoms with Gasteiger partial charge in [0.2, 0.25) is 0 Å². The zero-order chi connectivity index (χ0) is 17.9. The molecule has 130 valence electrons. The third kappa shape index (κ3) is 3.25. The molecule has 2 heterocycles. The molecule has 26 heavy (non-hydrogen) atoms. The molecule has 0 saturated carbocycles. The topological polar surface area (TPSA) is 76.5 Å². The summed E-state index contributed by atoms with van der Waals surface area (Å²) in [6.07, 6.45) is 0.644. The molecule has 0 spiro atoms. The molecule has 2 aromatic heterocycles. The number of nitrogens with zero attached hydrogens (tertiary/aromatic N) is 4. The number of H-pyrrole nitrogens is 1. The van der Waals surface area contributed by atoms with E-state index in [0.717, 1.165) is 27.9 Å². The summed E-state index contributed by atoms with van der Waals surface area (Å²) in [7, 11) is 0. The van der Waals surface area contributed by atoms with Gasteiger partial charge >= 0.3 is 0 Å². The average Bonchev–Trinajstić information content (AvgIpc) is 3.03. The molecule has 7 heteroatoms. The number of rotatable bonds is 5. The monoisotopic (exact) mass is 363 g/mol. The Balaban J connectivity index is 1.52. The van der Waals surface area contributed by atoms with Crippen molar-refractivity contribution in [2.45, 2.75) is 18.5 Å². The maximum absolute atomic E-state index is 12.1. The van der Waals surface area contributed by atoms with Crippen molar-refractivity contribution in [1.82, 2.24) is 24.7 Å². The maximum Gasteiger partial charge on any atom is 0.258 e. The Morgan fingerprint density at radius 3 is 2.65 bits per heavy atom. The first-order valence-electron chi connectivity index (χ1n) is 8.30. The molecule has 0 aliphatic carbocycles. The number of hydrogen-bond donors (Lipinski definition) is 1. The Hall–Kier alpha value is -2.93. The summed E-state index contributed by atoms with van der Waals surface area (Å²) in [4.78, 5) is 19.6. The zero-order valence-corrected chi connectivity index (χ0v) is 15.0. The highest BCUT2D eigenvalue weighted by Crippen LogP contribution is 2.22. The molecule has 0 atom stereocenters. The standard InChI is InChI=1S/C19H17N5OS/c1-13-22-23-19(24(13)14-7-3-2-4-8-14)26-12-11-17-20-16-10-6-5-9-15(16)18(25)21-17/h2-10H,11-12H2,1H3,(H,20,21,25). The fourth-order valence-electron chi connectivity index (χ4n) is 2.80. The van der Waals surface area contributed by atoms with Crippen LogP contribution in [0.3, 0.4) is 0 Å². The lowest BCUT2D eigenvalue weighted by Gasteiger charge is -2.08. The Morgan fingerprint density at radius 2 is 1.81 bits per heavy atom. The van der Waals surface area contributed by atoms with Crippen LogP contribution in [-0.2, 0) is 6.42 Å². The molecule has 0 unspecified atom stereocenters. The lowest BCUT2D eigenvalue weighted by atomic mass is 10.2. The van der Waals surface area contributed by atoms with Crippen LogP contribution in [0.4, 0.5) is 0 Å². The van der Waals surface area contributed by atoms with E-state index < -0.39 is 0 Å². The number of para-hydroxylation sites is 2. The number of thioether (sulfide) groups is 1. The van der Waals surface area contributed by atoms with Crippen LogP contribution in [0.2, 0.25) is 0 Å². The number of fused-ring (bicyclic) bond motifs is 1. The summed E-state index contributed by atoms with van der Waals surface area (Å²) >= 11 is 1.60. The molecule has 4 rings (SSSR count). The summed E-state index contributed by atoms with van der Waals surface area (Å²) in [6, 6.07) is 17.4. The van der Waals surface area contributed by atoms with Crippen molar-refractivity contribution in [2.24, 2.45) is 0 Å². The van der Waals surface area contributed by atoms with Crippen molar-refractivity contribution >= 4 is 22.7 Å². The number of aromatic amines is 1. The number of aryl methyl sites for hydroxylation is 2. The summed E-state index contributed by atoms with van der Waals surface area (Å²) in [5, 5.41) is 9.91. The van der Waals surface area contributed by atoms with E-state index >= 15 is 0 Å². The minimum absolute atomic E-state index is 0.0982. The van der Waals surface area contributed by atoms with Crippen LogP contribution in [0.5, 0.6) is 0 Å². The second-order valence-electron chi connectivity index (χ2n) is 5.83. The van der Waals surface area contributed by atoms with Gasteiger partial charge in [-0.25, -0.2) is 4.98 Å². The van der Waals surface area contributed by atoms with E-state index in [-0.39, 0.29) is 5.56 Å². The Bertz CT molecular complexity index is 1100. The van der Waals surface area contributed by atoms with Gasteiger partial charge in [0.1, 0.15) is 11.6 Å². The normalized spacial score (nSPS) is 11.1. The van der Waals surface area contributed by atoms with Crippen molar-refractivity contribution in [3.05, 3.63) is 76.6 Å². The molecule has 0 aliphatic rings. The predicted molar refractivity (Wildman–Crippen MR) is 103 cm³/mol. The average molecular weight is 363 g/mol. The van der Waals surface area contributed by atoms with Crippen molar-refractivity contribution in [1.29, 1.82) is 0 Å². The fourth-order valence-corrected chi connectivity index (χ4v) is 3.75. The smallest absolute Gasteiger partial charge is 0.258 e. The second-order valence-corrected chi connectivity index (χ2v) is 6.89. The Kier molecular flexibility index (Phi) is 4.53. The van der Waals surface area contributed by atoms with Crippen molar-refractivity contribution in [3.63, 3.8) is 0 Å². The number of nitrogens with one attached hydrogen (secondary N) is 1. The molecule has 0 amide bonds. The molecule has 2 aromatic carbocycles. The Morgan fingerprint density at radius 1 is 1.04 bits per heavy atom. The first-order chi connectivity index (χ1) is 12.7. The molecular weight excluding hydrogens is 346 g/mol. The lowest BCUT2D eigenvalue weighted by Crippen LogP contribution is -2.12. The van der Waals surface area contributed by atoms with E-state index in [1.165, 1.54) is 0 Å². The van der Waals surface area contributed by atoms with Gasteiger partial charge in [0.05, 0.1) is 10.9 Å². The Labute approximate surface area is 154 Å². The van der Waals surface area contributed by atoms with Crippen molar-refractivity contribution in [3.8, 4) is 5.69 Å². The van der Waals surface area contributed by atoms with E-state index in [2.05, 4.69) is 20.2 Å². The maximum atomic E-state index is 12.1. The first kappa shape index (κ1) is 16.5. The molecule has 0 fully saturated rings. The molecular formula is C19H17N5OS. The van der Waals surface area contributed by atoms with E-state index in [0.29, 0.717) is 17.6 Å². The van der Waals surface area contributed by atoms with Crippen LogP contribution in [-0.4, -0.2) is 30.5 Å². The molecule has 4 aromatic rings. The number of hydrogen-bond acceptors (Lipinski definition) is 5. The largest absolute Gasteiger partial charge is 0.310 e. The van der Waals surface area contributed by atoms with Crippen LogP contribution in [0.15, 0.2) is 64.5 Å². The van der Waals surface area contributed by atoms with Gasteiger partial charge in [-0.1, -0.05) is 42.1 Å². The quantitative estimate of drug-likeness (QED) is 0.551. The zero-order valence-electron chi connectivity index (χ0n) is 14.2. The summed E-state index contributed by atoms with van der Waals surface area (Å²) in [5.74, 6) is 2.27.